The Bertz CT molecular complexity index is 1120. The predicted octanol–water partition coefficient (Wildman–Crippen LogP) is 3.67. The number of furan rings is 1. The highest BCUT2D eigenvalue weighted by atomic mass is 16.6. The van der Waals surface area contributed by atoms with Crippen LogP contribution in [-0.2, 0) is 16.1 Å². The van der Waals surface area contributed by atoms with Crippen molar-refractivity contribution < 1.29 is 23.2 Å². The summed E-state index contributed by atoms with van der Waals surface area (Å²) in [6.07, 6.45) is 2.65. The van der Waals surface area contributed by atoms with Crippen molar-refractivity contribution >= 4 is 17.1 Å². The van der Waals surface area contributed by atoms with Crippen LogP contribution < -0.4 is 0 Å². The van der Waals surface area contributed by atoms with E-state index in [0.717, 1.165) is 5.39 Å². The standard InChI is InChI=1S/C21H23N5O5/c1-21(2,3)30-20(27)26-8-5-14(6-9-26)28-12-17-24-19(31-25-17)16-10-13-4-7-23-15(11-22)18(13)29-16/h4,7,10,14H,5-6,8-9,12H2,1-3H3. The molecule has 0 spiro atoms. The van der Waals surface area contributed by atoms with E-state index in [1.807, 2.05) is 26.8 Å². The van der Waals surface area contributed by atoms with Crippen LogP contribution in [0.25, 0.3) is 22.6 Å². The van der Waals surface area contributed by atoms with Gasteiger partial charge in [0.2, 0.25) is 0 Å². The first-order valence-electron chi connectivity index (χ1n) is 10.0. The van der Waals surface area contributed by atoms with Gasteiger partial charge >= 0.3 is 6.09 Å². The molecule has 0 aliphatic carbocycles. The second-order valence-electron chi connectivity index (χ2n) is 8.29. The Balaban J connectivity index is 1.32. The van der Waals surface area contributed by atoms with Crippen LogP contribution in [0.1, 0.15) is 45.1 Å². The quantitative estimate of drug-likeness (QED) is 0.615. The van der Waals surface area contributed by atoms with Gasteiger partial charge in [-0.2, -0.15) is 10.2 Å². The van der Waals surface area contributed by atoms with Crippen molar-refractivity contribution in [3.63, 3.8) is 0 Å². The fourth-order valence-corrected chi connectivity index (χ4v) is 3.29. The number of likely N-dealkylation sites (tertiary alicyclic amines) is 1. The summed E-state index contributed by atoms with van der Waals surface area (Å²) in [7, 11) is 0. The number of carbonyl (C=O) groups excluding carboxylic acids is 1. The summed E-state index contributed by atoms with van der Waals surface area (Å²) in [6.45, 7) is 6.89. The summed E-state index contributed by atoms with van der Waals surface area (Å²) in [4.78, 5) is 22.1. The van der Waals surface area contributed by atoms with Gasteiger partial charge in [-0.25, -0.2) is 9.78 Å². The molecule has 0 atom stereocenters. The van der Waals surface area contributed by atoms with Crippen LogP contribution in [0.2, 0.25) is 0 Å². The SMILES string of the molecule is CC(C)(C)OC(=O)N1CCC(OCc2noc(-c3cc4ccnc(C#N)c4o3)n2)CC1. The summed E-state index contributed by atoms with van der Waals surface area (Å²) < 4.78 is 22.3. The summed E-state index contributed by atoms with van der Waals surface area (Å²) in [5.41, 5.74) is 0.0742. The highest BCUT2D eigenvalue weighted by Crippen LogP contribution is 2.28. The number of nitrogens with zero attached hydrogens (tertiary/aromatic N) is 5. The number of fused-ring (bicyclic) bond motifs is 1. The lowest BCUT2D eigenvalue weighted by Crippen LogP contribution is -2.43. The number of carbonyl (C=O) groups is 1. The van der Waals surface area contributed by atoms with E-state index >= 15 is 0 Å². The van der Waals surface area contributed by atoms with E-state index in [0.29, 0.717) is 43.1 Å². The normalized spacial score (nSPS) is 15.2. The van der Waals surface area contributed by atoms with Gasteiger partial charge in [0.15, 0.2) is 22.9 Å². The number of aromatic nitrogens is 3. The third-order valence-corrected chi connectivity index (χ3v) is 4.76. The highest BCUT2D eigenvalue weighted by molar-refractivity contribution is 5.84. The number of ether oxygens (including phenoxy) is 2. The molecule has 1 fully saturated rings. The lowest BCUT2D eigenvalue weighted by molar-refractivity contribution is -0.0190. The monoisotopic (exact) mass is 425 g/mol. The van der Waals surface area contributed by atoms with Crippen molar-refractivity contribution in [2.45, 2.75) is 51.9 Å². The van der Waals surface area contributed by atoms with Gasteiger partial charge in [0.05, 0.1) is 6.10 Å². The molecule has 4 heterocycles. The van der Waals surface area contributed by atoms with Gasteiger partial charge in [-0.1, -0.05) is 5.16 Å². The minimum atomic E-state index is -0.507. The molecule has 1 aliphatic rings. The van der Waals surface area contributed by atoms with Crippen molar-refractivity contribution in [3.8, 4) is 17.7 Å². The number of hydrogen-bond donors (Lipinski definition) is 0. The number of hydrogen-bond acceptors (Lipinski definition) is 9. The molecule has 31 heavy (non-hydrogen) atoms. The summed E-state index contributed by atoms with van der Waals surface area (Å²) in [6, 6.07) is 5.46. The fourth-order valence-electron chi connectivity index (χ4n) is 3.29. The number of rotatable bonds is 4. The molecule has 10 nitrogen and oxygen atoms in total. The largest absolute Gasteiger partial charge is 0.448 e. The molecule has 1 aliphatic heterocycles. The van der Waals surface area contributed by atoms with Crippen molar-refractivity contribution in [1.82, 2.24) is 20.0 Å². The molecule has 0 radical (unpaired) electrons. The molecule has 1 amide bonds. The van der Waals surface area contributed by atoms with Gasteiger partial charge in [-0.15, -0.1) is 0 Å². The van der Waals surface area contributed by atoms with E-state index in [1.54, 1.807) is 23.2 Å². The highest BCUT2D eigenvalue weighted by Gasteiger charge is 2.27. The second kappa shape index (κ2) is 8.35. The summed E-state index contributed by atoms with van der Waals surface area (Å²) in [5, 5.41) is 13.8. The number of nitriles is 1. The first-order chi connectivity index (χ1) is 14.8. The molecule has 3 aromatic heterocycles. The van der Waals surface area contributed by atoms with E-state index in [-0.39, 0.29) is 30.4 Å². The summed E-state index contributed by atoms with van der Waals surface area (Å²) in [5.74, 6) is 0.964. The molecule has 0 aromatic carbocycles. The van der Waals surface area contributed by atoms with Crippen molar-refractivity contribution in [3.05, 3.63) is 29.8 Å². The van der Waals surface area contributed by atoms with Gasteiger partial charge in [0.25, 0.3) is 5.89 Å². The smallest absolute Gasteiger partial charge is 0.410 e. The lowest BCUT2D eigenvalue weighted by Gasteiger charge is -2.33. The Labute approximate surface area is 178 Å². The molecule has 0 bridgehead atoms. The maximum atomic E-state index is 12.1. The maximum absolute atomic E-state index is 12.1. The molecule has 4 rings (SSSR count). The van der Waals surface area contributed by atoms with Crippen LogP contribution in [0.5, 0.6) is 0 Å². The predicted molar refractivity (Wildman–Crippen MR) is 108 cm³/mol. The van der Waals surface area contributed by atoms with Crippen LogP contribution in [0, 0.1) is 11.3 Å². The van der Waals surface area contributed by atoms with Crippen molar-refractivity contribution in [1.29, 1.82) is 5.26 Å². The maximum Gasteiger partial charge on any atom is 0.410 e. The van der Waals surface area contributed by atoms with Gasteiger partial charge in [0.1, 0.15) is 18.3 Å². The minimum Gasteiger partial charge on any atom is -0.448 e. The molecular formula is C21H23N5O5. The topological polar surface area (TPSA) is 128 Å². The van der Waals surface area contributed by atoms with E-state index < -0.39 is 5.60 Å². The van der Waals surface area contributed by atoms with E-state index in [2.05, 4.69) is 15.1 Å². The Hall–Kier alpha value is -3.45. The Morgan fingerprint density at radius 2 is 2.13 bits per heavy atom. The zero-order valence-corrected chi connectivity index (χ0v) is 17.6. The number of amides is 1. The molecule has 10 heteroatoms. The van der Waals surface area contributed by atoms with E-state index in [4.69, 9.17) is 23.7 Å². The molecule has 3 aromatic rings. The molecule has 162 valence electrons. The van der Waals surface area contributed by atoms with E-state index in [9.17, 15) is 4.79 Å². The Kier molecular flexibility index (Phi) is 5.61. The van der Waals surface area contributed by atoms with Gasteiger partial charge in [-0.05, 0) is 45.7 Å². The molecule has 0 N–H and O–H groups in total. The van der Waals surface area contributed by atoms with E-state index in [1.165, 1.54) is 0 Å². The number of pyridine rings is 1. The minimum absolute atomic E-state index is 0.00361. The molecule has 0 saturated carbocycles. The first kappa shape index (κ1) is 20.8. The van der Waals surface area contributed by atoms with Crippen LogP contribution in [0.4, 0.5) is 4.79 Å². The molecule has 1 saturated heterocycles. The van der Waals surface area contributed by atoms with Crippen molar-refractivity contribution in [2.75, 3.05) is 13.1 Å². The average Bonchev–Trinajstić information content (AvgIpc) is 3.38. The van der Waals surface area contributed by atoms with Crippen LogP contribution in [0.15, 0.2) is 27.3 Å². The van der Waals surface area contributed by atoms with Crippen molar-refractivity contribution in [2.24, 2.45) is 0 Å². The third kappa shape index (κ3) is 4.83. The summed E-state index contributed by atoms with van der Waals surface area (Å²) >= 11 is 0. The van der Waals surface area contributed by atoms with Crippen LogP contribution in [-0.4, -0.2) is 50.9 Å². The first-order valence-corrected chi connectivity index (χ1v) is 10.0. The second-order valence-corrected chi connectivity index (χ2v) is 8.29. The van der Waals surface area contributed by atoms with Gasteiger partial charge < -0.3 is 23.3 Å². The molecular weight excluding hydrogens is 402 g/mol. The Morgan fingerprint density at radius 3 is 2.84 bits per heavy atom. The van der Waals surface area contributed by atoms with Crippen LogP contribution in [0.3, 0.4) is 0 Å². The fraction of sp³-hybridized carbons (Fsp3) is 0.476. The average molecular weight is 425 g/mol. The third-order valence-electron chi connectivity index (χ3n) is 4.76. The zero-order valence-electron chi connectivity index (χ0n) is 17.6. The zero-order chi connectivity index (χ0) is 22.0. The van der Waals surface area contributed by atoms with Crippen LogP contribution >= 0.6 is 0 Å². The lowest BCUT2D eigenvalue weighted by atomic mass is 10.1. The Morgan fingerprint density at radius 1 is 1.35 bits per heavy atom. The van der Waals surface area contributed by atoms with Gasteiger partial charge in [0, 0.05) is 24.7 Å². The number of piperidine rings is 1. The molecule has 0 unspecified atom stereocenters. The van der Waals surface area contributed by atoms with Gasteiger partial charge in [-0.3, -0.25) is 0 Å².